The molecule has 1 rings (SSSR count). The highest BCUT2D eigenvalue weighted by Crippen LogP contribution is 2.17. The normalized spacial score (nSPS) is 14.3. The maximum absolute atomic E-state index is 14.0. The molecule has 13 heteroatoms. The maximum Gasteiger partial charge on any atom is 0.328 e. The SMILES string of the molecule is CC[C@H](N)C(=O)N(C)CC(=O)N(C)[C@@H](CC(C)C)C(=O)N[C@H](C(=O)N(C)[C@@H](CC(C)C)C(=O)N[C@@H](C)C(=O)OCc1ccccc1)C(C)C. The fourth-order valence-electron chi connectivity index (χ4n) is 5.16. The molecule has 49 heavy (non-hydrogen) atoms. The Kier molecular flexibility index (Phi) is 18.0. The number of carbonyl (C=O) groups is 6. The molecule has 1 aromatic rings. The van der Waals surface area contributed by atoms with Crippen LogP contribution in [-0.2, 0) is 40.1 Å². The van der Waals surface area contributed by atoms with Crippen LogP contribution >= 0.6 is 0 Å². The fourth-order valence-corrected chi connectivity index (χ4v) is 5.16. The minimum Gasteiger partial charge on any atom is -0.459 e. The molecule has 0 saturated heterocycles. The van der Waals surface area contributed by atoms with Crippen molar-refractivity contribution < 1.29 is 33.5 Å². The number of carbonyl (C=O) groups excluding carboxylic acids is 6. The second-order valence-electron chi connectivity index (χ2n) is 14.0. The van der Waals surface area contributed by atoms with Crippen molar-refractivity contribution in [2.24, 2.45) is 23.5 Å². The standard InChI is InChI=1S/C36H60N6O7/c1-12-27(37)34(46)40(9)20-30(43)41(10)28(18-22(2)3)33(45)39-31(24(6)7)35(47)42(11)29(19-23(4)5)32(44)38-25(8)36(48)49-21-26-16-14-13-15-17-26/h13-17,22-25,27-29,31H,12,18-21,37H2,1-11H3,(H,38,44)(H,39,45)/t25-,27-,28-,29-,31-/m0/s1. The number of likely N-dealkylation sites (N-methyl/N-ethyl adjacent to an activating group) is 3. The van der Waals surface area contributed by atoms with E-state index in [1.165, 1.54) is 42.8 Å². The largest absolute Gasteiger partial charge is 0.459 e. The average Bonchev–Trinajstić information content (AvgIpc) is 3.05. The predicted octanol–water partition coefficient (Wildman–Crippen LogP) is 2.32. The van der Waals surface area contributed by atoms with Crippen LogP contribution in [0.15, 0.2) is 30.3 Å². The zero-order chi connectivity index (χ0) is 37.6. The van der Waals surface area contributed by atoms with E-state index in [9.17, 15) is 28.8 Å². The lowest BCUT2D eigenvalue weighted by Gasteiger charge is -2.35. The first kappa shape index (κ1) is 43.0. The average molecular weight is 689 g/mol. The highest BCUT2D eigenvalue weighted by molar-refractivity contribution is 5.95. The van der Waals surface area contributed by atoms with E-state index in [2.05, 4.69) is 10.6 Å². The summed E-state index contributed by atoms with van der Waals surface area (Å²) in [5, 5.41) is 5.54. The maximum atomic E-state index is 14.0. The first-order chi connectivity index (χ1) is 22.8. The van der Waals surface area contributed by atoms with Crippen LogP contribution in [0.3, 0.4) is 0 Å². The highest BCUT2D eigenvalue weighted by Gasteiger charge is 2.37. The Morgan fingerprint density at radius 1 is 0.755 bits per heavy atom. The molecule has 0 unspecified atom stereocenters. The number of benzene rings is 1. The molecule has 13 nitrogen and oxygen atoms in total. The molecule has 1 aromatic carbocycles. The Labute approximate surface area is 292 Å². The van der Waals surface area contributed by atoms with Crippen LogP contribution in [0.25, 0.3) is 0 Å². The molecule has 0 fully saturated rings. The van der Waals surface area contributed by atoms with Gasteiger partial charge in [0.2, 0.25) is 29.5 Å². The van der Waals surface area contributed by atoms with Gasteiger partial charge in [0, 0.05) is 21.1 Å². The van der Waals surface area contributed by atoms with Gasteiger partial charge in [-0.1, -0.05) is 78.8 Å². The van der Waals surface area contributed by atoms with E-state index in [1.54, 1.807) is 20.8 Å². The number of rotatable bonds is 19. The quantitative estimate of drug-likeness (QED) is 0.186. The van der Waals surface area contributed by atoms with Gasteiger partial charge < -0.3 is 35.8 Å². The second kappa shape index (κ2) is 20.5. The van der Waals surface area contributed by atoms with Gasteiger partial charge >= 0.3 is 5.97 Å². The number of hydrogen-bond donors (Lipinski definition) is 3. The second-order valence-corrected chi connectivity index (χ2v) is 14.0. The van der Waals surface area contributed by atoms with Crippen LogP contribution in [0, 0.1) is 17.8 Å². The summed E-state index contributed by atoms with van der Waals surface area (Å²) >= 11 is 0. The Hall–Kier alpha value is -4.00. The smallest absolute Gasteiger partial charge is 0.328 e. The van der Waals surface area contributed by atoms with Gasteiger partial charge in [-0.3, -0.25) is 24.0 Å². The third kappa shape index (κ3) is 13.8. The molecule has 0 saturated carbocycles. The van der Waals surface area contributed by atoms with Gasteiger partial charge in [0.1, 0.15) is 30.8 Å². The number of amides is 5. The summed E-state index contributed by atoms with van der Waals surface area (Å²) in [5.41, 5.74) is 6.66. The van der Waals surface area contributed by atoms with Gasteiger partial charge in [0.25, 0.3) is 0 Å². The van der Waals surface area contributed by atoms with Crippen molar-refractivity contribution in [3.05, 3.63) is 35.9 Å². The molecule has 0 aromatic heterocycles. The van der Waals surface area contributed by atoms with Gasteiger partial charge in [-0.05, 0) is 49.5 Å². The molecule has 0 aliphatic carbocycles. The van der Waals surface area contributed by atoms with Gasteiger partial charge in [0.15, 0.2) is 0 Å². The summed E-state index contributed by atoms with van der Waals surface area (Å²) in [6, 6.07) is 4.60. The third-order valence-electron chi connectivity index (χ3n) is 8.34. The van der Waals surface area contributed by atoms with E-state index in [0.29, 0.717) is 19.3 Å². The molecule has 0 heterocycles. The van der Waals surface area contributed by atoms with E-state index in [-0.39, 0.29) is 36.8 Å². The zero-order valence-corrected chi connectivity index (χ0v) is 31.3. The number of nitrogens with two attached hydrogens (primary N) is 1. The minimum atomic E-state index is -1.02. The van der Waals surface area contributed by atoms with Crippen LogP contribution in [0.4, 0.5) is 0 Å². The molecule has 0 aliphatic rings. The molecule has 0 spiro atoms. The topological polar surface area (TPSA) is 171 Å². The van der Waals surface area contributed by atoms with Crippen molar-refractivity contribution in [1.82, 2.24) is 25.3 Å². The van der Waals surface area contributed by atoms with Crippen molar-refractivity contribution in [2.45, 2.75) is 111 Å². The number of hydrogen-bond acceptors (Lipinski definition) is 8. The van der Waals surface area contributed by atoms with E-state index in [1.807, 2.05) is 58.0 Å². The summed E-state index contributed by atoms with van der Waals surface area (Å²) in [5.74, 6) is -3.29. The monoisotopic (exact) mass is 688 g/mol. The van der Waals surface area contributed by atoms with E-state index in [4.69, 9.17) is 10.5 Å². The lowest BCUT2D eigenvalue weighted by Crippen LogP contribution is -2.60. The van der Waals surface area contributed by atoms with Gasteiger partial charge in [-0.25, -0.2) is 4.79 Å². The summed E-state index contributed by atoms with van der Waals surface area (Å²) in [4.78, 5) is 83.6. The Morgan fingerprint density at radius 2 is 1.27 bits per heavy atom. The van der Waals surface area contributed by atoms with Crippen molar-refractivity contribution in [1.29, 1.82) is 0 Å². The van der Waals surface area contributed by atoms with Crippen molar-refractivity contribution >= 4 is 35.5 Å². The van der Waals surface area contributed by atoms with Gasteiger partial charge in [-0.2, -0.15) is 0 Å². The van der Waals surface area contributed by atoms with Crippen LogP contribution in [-0.4, -0.2) is 108 Å². The Balaban J connectivity index is 3.13. The third-order valence-corrected chi connectivity index (χ3v) is 8.34. The fraction of sp³-hybridized carbons (Fsp3) is 0.667. The summed E-state index contributed by atoms with van der Waals surface area (Å²) in [7, 11) is 4.49. The highest BCUT2D eigenvalue weighted by atomic mass is 16.5. The Bertz CT molecular complexity index is 1260. The molecule has 0 bridgehead atoms. The molecule has 4 N–H and O–H groups in total. The number of ether oxygens (including phenoxy) is 1. The molecule has 276 valence electrons. The molecule has 0 aliphatic heterocycles. The molecular formula is C36H60N6O7. The lowest BCUT2D eigenvalue weighted by molar-refractivity contribution is -0.150. The lowest BCUT2D eigenvalue weighted by atomic mass is 9.97. The molecule has 5 amide bonds. The summed E-state index contributed by atoms with van der Waals surface area (Å²) in [6.45, 7) is 14.3. The van der Waals surface area contributed by atoms with Crippen LogP contribution in [0.1, 0.15) is 80.2 Å². The minimum absolute atomic E-state index is 0.0189. The van der Waals surface area contributed by atoms with Crippen molar-refractivity contribution in [2.75, 3.05) is 27.7 Å². The van der Waals surface area contributed by atoms with Crippen LogP contribution in [0.5, 0.6) is 0 Å². The van der Waals surface area contributed by atoms with E-state index in [0.717, 1.165) is 5.56 Å². The van der Waals surface area contributed by atoms with Crippen LogP contribution in [0.2, 0.25) is 0 Å². The molecule has 0 radical (unpaired) electrons. The summed E-state index contributed by atoms with van der Waals surface area (Å²) < 4.78 is 5.37. The van der Waals surface area contributed by atoms with E-state index >= 15 is 0 Å². The van der Waals surface area contributed by atoms with Crippen molar-refractivity contribution in [3.63, 3.8) is 0 Å². The molecular weight excluding hydrogens is 628 g/mol. The van der Waals surface area contributed by atoms with Gasteiger partial charge in [0.05, 0.1) is 12.6 Å². The Morgan fingerprint density at radius 3 is 1.76 bits per heavy atom. The first-order valence-corrected chi connectivity index (χ1v) is 17.2. The zero-order valence-electron chi connectivity index (χ0n) is 31.3. The number of nitrogens with zero attached hydrogens (tertiary/aromatic N) is 3. The number of nitrogens with one attached hydrogen (secondary N) is 2. The summed E-state index contributed by atoms with van der Waals surface area (Å²) in [6.07, 6.45) is 1.04. The van der Waals surface area contributed by atoms with Gasteiger partial charge in [-0.15, -0.1) is 0 Å². The van der Waals surface area contributed by atoms with E-state index < -0.39 is 59.8 Å². The predicted molar refractivity (Wildman–Crippen MR) is 189 cm³/mol. The number of esters is 1. The van der Waals surface area contributed by atoms with Crippen molar-refractivity contribution in [3.8, 4) is 0 Å². The molecule has 5 atom stereocenters. The van der Waals surface area contributed by atoms with Crippen LogP contribution < -0.4 is 16.4 Å². The first-order valence-electron chi connectivity index (χ1n) is 17.2.